The molecule has 8 heteroatoms. The lowest BCUT2D eigenvalue weighted by atomic mass is 9.44. The number of rotatable bonds is 13. The zero-order valence-electron chi connectivity index (χ0n) is 36.9. The van der Waals surface area contributed by atoms with Crippen LogP contribution in [-0.4, -0.2) is 47.9 Å². The van der Waals surface area contributed by atoms with E-state index in [1.54, 1.807) is 6.07 Å². The molecule has 2 saturated carbocycles. The number of allylic oxidation sites excluding steroid dienone is 5. The minimum absolute atomic E-state index is 0.0182. The zero-order valence-corrected chi connectivity index (χ0v) is 36.9. The number of aliphatic hydroxyl groups excluding tert-OH is 1. The van der Waals surface area contributed by atoms with E-state index in [4.69, 9.17) is 9.47 Å². The largest absolute Gasteiger partial charge is 0.508 e. The molecule has 0 radical (unpaired) electrons. The van der Waals surface area contributed by atoms with Gasteiger partial charge in [-0.05, 0) is 177 Å². The summed E-state index contributed by atoms with van der Waals surface area (Å²) in [7, 11) is 0. The maximum Gasteiger partial charge on any atom is 0.340 e. The van der Waals surface area contributed by atoms with E-state index in [0.717, 1.165) is 91.6 Å². The van der Waals surface area contributed by atoms with Crippen molar-refractivity contribution in [2.75, 3.05) is 19.7 Å². The first-order valence-corrected chi connectivity index (χ1v) is 24.2. The van der Waals surface area contributed by atoms with Crippen molar-refractivity contribution in [3.8, 4) is 16.9 Å². The molecule has 63 heavy (non-hydrogen) atoms. The molecule has 2 saturated heterocycles. The van der Waals surface area contributed by atoms with Crippen LogP contribution < -0.4 is 10.6 Å². The normalized spacial score (nSPS) is 28.3. The number of benzene rings is 3. The van der Waals surface area contributed by atoms with Crippen LogP contribution in [0.3, 0.4) is 0 Å². The molecule has 8 nitrogen and oxygen atoms in total. The SMILES string of the molecule is CC[C@H](C=C1OC(=O)C2=C(c3cc(O)ccc3-c3cccc(CNC4CCCCC4)c3)[C@@H]3CC[C@]12[C@H]1C2=C(CC[C@H]31)C(=CC[C@H](CO)C1CCNCC1)OC2=O)Cc1ccccc1. The number of phenolic OH excluding ortho intramolecular Hbond substituents is 1. The Morgan fingerprint density at radius 3 is 2.46 bits per heavy atom. The van der Waals surface area contributed by atoms with Crippen LogP contribution in [0.5, 0.6) is 5.75 Å². The number of carbonyl (C=O) groups is 2. The summed E-state index contributed by atoms with van der Waals surface area (Å²) in [5.41, 5.74) is 7.83. The quantitative estimate of drug-likeness (QED) is 0.126. The van der Waals surface area contributed by atoms with Gasteiger partial charge in [0.05, 0.1) is 11.0 Å². The number of carbonyl (C=O) groups excluding carboxylic acids is 2. The van der Waals surface area contributed by atoms with Crippen molar-refractivity contribution < 1.29 is 29.3 Å². The molecule has 2 bridgehead atoms. The molecule has 3 heterocycles. The summed E-state index contributed by atoms with van der Waals surface area (Å²) in [5, 5.41) is 29.0. The van der Waals surface area contributed by atoms with Crippen molar-refractivity contribution in [2.45, 2.75) is 109 Å². The average Bonchev–Trinajstić information content (AvgIpc) is 3.81. The van der Waals surface area contributed by atoms with E-state index in [9.17, 15) is 19.8 Å². The number of hydrogen-bond donors (Lipinski definition) is 4. The second-order valence-electron chi connectivity index (χ2n) is 19.6. The molecule has 4 N–H and O–H groups in total. The molecule has 5 aliphatic carbocycles. The van der Waals surface area contributed by atoms with E-state index < -0.39 is 5.41 Å². The number of aliphatic hydroxyl groups is 1. The molecule has 11 rings (SSSR count). The third-order valence-electron chi connectivity index (χ3n) is 16.2. The van der Waals surface area contributed by atoms with Crippen LogP contribution in [0.1, 0.15) is 107 Å². The lowest BCUT2D eigenvalue weighted by Crippen LogP contribution is -2.52. The second-order valence-corrected chi connectivity index (χ2v) is 19.6. The van der Waals surface area contributed by atoms with Gasteiger partial charge in [0.2, 0.25) is 0 Å². The predicted molar refractivity (Wildman–Crippen MR) is 246 cm³/mol. The third kappa shape index (κ3) is 7.84. The van der Waals surface area contributed by atoms with Crippen molar-refractivity contribution >= 4 is 17.5 Å². The summed E-state index contributed by atoms with van der Waals surface area (Å²) in [6.45, 7) is 5.01. The minimum atomic E-state index is -0.858. The third-order valence-corrected chi connectivity index (χ3v) is 16.2. The Morgan fingerprint density at radius 2 is 1.67 bits per heavy atom. The predicted octanol–water partition coefficient (Wildman–Crippen LogP) is 10.1. The summed E-state index contributed by atoms with van der Waals surface area (Å²) >= 11 is 0. The molecule has 0 amide bonds. The van der Waals surface area contributed by atoms with Gasteiger partial charge in [0, 0.05) is 36.3 Å². The monoisotopic (exact) mass is 848 g/mol. The van der Waals surface area contributed by atoms with Gasteiger partial charge in [0.25, 0.3) is 0 Å². The van der Waals surface area contributed by atoms with Crippen molar-refractivity contribution in [1.29, 1.82) is 0 Å². The van der Waals surface area contributed by atoms with Crippen LogP contribution in [0.4, 0.5) is 0 Å². The molecule has 4 fully saturated rings. The van der Waals surface area contributed by atoms with Crippen molar-refractivity contribution in [3.63, 3.8) is 0 Å². The van der Waals surface area contributed by atoms with Gasteiger partial charge in [-0.1, -0.05) is 80.8 Å². The molecular formula is C55H64N2O6. The van der Waals surface area contributed by atoms with Gasteiger partial charge in [-0.15, -0.1) is 0 Å². The van der Waals surface area contributed by atoms with Crippen LogP contribution in [0, 0.1) is 40.9 Å². The van der Waals surface area contributed by atoms with E-state index >= 15 is 0 Å². The van der Waals surface area contributed by atoms with Crippen molar-refractivity contribution in [3.05, 3.63) is 130 Å². The van der Waals surface area contributed by atoms with Crippen LogP contribution in [0.15, 0.2) is 113 Å². The molecule has 3 aromatic rings. The van der Waals surface area contributed by atoms with Crippen LogP contribution in [0.2, 0.25) is 0 Å². The number of ether oxygens (including phenoxy) is 2. The smallest absolute Gasteiger partial charge is 0.340 e. The summed E-state index contributed by atoms with van der Waals surface area (Å²) < 4.78 is 12.9. The van der Waals surface area contributed by atoms with Crippen molar-refractivity contribution in [1.82, 2.24) is 10.6 Å². The van der Waals surface area contributed by atoms with Gasteiger partial charge in [-0.2, -0.15) is 0 Å². The van der Waals surface area contributed by atoms with Gasteiger partial charge >= 0.3 is 11.9 Å². The molecule has 3 aliphatic heterocycles. The molecule has 330 valence electrons. The fourth-order valence-electron chi connectivity index (χ4n) is 13.1. The number of aromatic hydroxyl groups is 1. The Morgan fingerprint density at radius 1 is 0.857 bits per heavy atom. The molecule has 0 aromatic heterocycles. The minimum Gasteiger partial charge on any atom is -0.508 e. The molecular weight excluding hydrogens is 785 g/mol. The van der Waals surface area contributed by atoms with Gasteiger partial charge in [0.1, 0.15) is 17.3 Å². The topological polar surface area (TPSA) is 117 Å². The zero-order chi connectivity index (χ0) is 43.1. The van der Waals surface area contributed by atoms with Gasteiger partial charge in [-0.25, -0.2) is 9.59 Å². The van der Waals surface area contributed by atoms with Gasteiger partial charge < -0.3 is 30.3 Å². The fraction of sp³-hybridized carbons (Fsp3) is 0.491. The number of hydrogen-bond acceptors (Lipinski definition) is 8. The fourth-order valence-corrected chi connectivity index (χ4v) is 13.1. The van der Waals surface area contributed by atoms with Crippen LogP contribution in [0.25, 0.3) is 16.7 Å². The first-order valence-electron chi connectivity index (χ1n) is 24.2. The Hall–Kier alpha value is -4.76. The first-order chi connectivity index (χ1) is 30.9. The summed E-state index contributed by atoms with van der Waals surface area (Å²) in [4.78, 5) is 29.5. The summed E-state index contributed by atoms with van der Waals surface area (Å²) in [6, 6.07) is 25.4. The highest BCUT2D eigenvalue weighted by Crippen LogP contribution is 2.72. The second kappa shape index (κ2) is 18.0. The molecule has 0 unspecified atom stereocenters. The van der Waals surface area contributed by atoms with E-state index in [-0.39, 0.29) is 53.9 Å². The average molecular weight is 849 g/mol. The highest BCUT2D eigenvalue weighted by Gasteiger charge is 2.68. The van der Waals surface area contributed by atoms with E-state index in [1.807, 2.05) is 18.2 Å². The Labute approximate surface area is 372 Å². The van der Waals surface area contributed by atoms with Crippen LogP contribution >= 0.6 is 0 Å². The Kier molecular flexibility index (Phi) is 12.1. The Balaban J connectivity index is 1.09. The highest BCUT2D eigenvalue weighted by molar-refractivity contribution is 6.07. The van der Waals surface area contributed by atoms with E-state index in [1.165, 1.54) is 43.2 Å². The summed E-state index contributed by atoms with van der Waals surface area (Å²) in [6.07, 6.45) is 18.1. The molecule has 3 aromatic carbocycles. The number of piperidine rings is 1. The van der Waals surface area contributed by atoms with Crippen molar-refractivity contribution in [2.24, 2.45) is 40.9 Å². The number of phenols is 1. The maximum atomic E-state index is 14.9. The lowest BCUT2D eigenvalue weighted by molar-refractivity contribution is -0.135. The maximum absolute atomic E-state index is 14.9. The highest BCUT2D eigenvalue weighted by atomic mass is 16.5. The molecule has 6 atom stereocenters. The van der Waals surface area contributed by atoms with E-state index in [0.29, 0.717) is 48.3 Å². The standard InChI is InChI=1S/C55H64N2O6/c1-2-34(28-35-10-5-3-6-11-35)30-48-55-25-22-43(44-19-20-45-47(62-53(60)50(45)51(44)55)21-16-39(33-58)37-23-26-56-27-24-37)49(52(55)54(61)63-48)46-31-41(59)17-18-42(46)38-13-9-12-36(29-38)32-57-40-14-7-4-8-15-40/h3,5-6,9-13,17-18,21,29-31,34,37,39-40,43-44,51,56-59H,2,4,7-8,14-16,19-20,22-28,32-33H2,1H3/t34-,39+,43+,44+,51+,55+/m0/s1. The summed E-state index contributed by atoms with van der Waals surface area (Å²) in [5.74, 6) is 1.25. The van der Waals surface area contributed by atoms with Gasteiger partial charge in [0.15, 0.2) is 0 Å². The Bertz CT molecular complexity index is 2350. The molecule has 1 spiro atoms. The van der Waals surface area contributed by atoms with Gasteiger partial charge in [-0.3, -0.25) is 0 Å². The first kappa shape index (κ1) is 42.2. The number of esters is 2. The van der Waals surface area contributed by atoms with E-state index in [2.05, 4.69) is 78.2 Å². The number of nitrogens with one attached hydrogen (secondary N) is 2. The number of fused-ring (bicyclic) bond motifs is 1. The molecule has 8 aliphatic rings. The lowest BCUT2D eigenvalue weighted by Gasteiger charge is -2.56. The number of cyclic esters (lactones) is 2. The van der Waals surface area contributed by atoms with Crippen LogP contribution in [-0.2, 0) is 32.0 Å².